The van der Waals surface area contributed by atoms with E-state index in [9.17, 15) is 14.5 Å². The van der Waals surface area contributed by atoms with Gasteiger partial charge in [-0.25, -0.2) is 14.5 Å². The number of anilines is 1. The normalized spacial score (nSPS) is 13.3. The molecule has 0 spiro atoms. The molecular formula is C18H29N4O6PS. The van der Waals surface area contributed by atoms with E-state index in [0.717, 1.165) is 6.42 Å². The van der Waals surface area contributed by atoms with Crippen molar-refractivity contribution in [2.24, 2.45) is 0 Å². The Morgan fingerprint density at radius 3 is 2.70 bits per heavy atom. The number of nitrogens with two attached hydrogens (primary N) is 1. The fourth-order valence-corrected chi connectivity index (χ4v) is 3.82. The van der Waals surface area contributed by atoms with Gasteiger partial charge in [0.25, 0.3) is 0 Å². The number of carbonyl (C=O) groups excluding carboxylic acids is 1. The first kappa shape index (κ1) is 26.2. The Labute approximate surface area is 179 Å². The van der Waals surface area contributed by atoms with Gasteiger partial charge in [-0.05, 0) is 38.0 Å². The van der Waals surface area contributed by atoms with E-state index in [0.29, 0.717) is 52.6 Å². The lowest BCUT2D eigenvalue weighted by atomic mass is 10.2. The summed E-state index contributed by atoms with van der Waals surface area (Å²) in [7, 11) is -4.63. The molecule has 0 atom stereocenters. The van der Waals surface area contributed by atoms with Crippen LogP contribution in [0.15, 0.2) is 29.5 Å². The average molecular weight is 460 g/mol. The number of nitrogens with zero attached hydrogens (tertiary/aromatic N) is 3. The molecule has 168 valence electrons. The van der Waals surface area contributed by atoms with Gasteiger partial charge >= 0.3 is 7.82 Å². The molecule has 0 radical (unpaired) electrons. The monoisotopic (exact) mass is 460 g/mol. The number of allylic oxidation sites excluding steroid dienone is 2. The number of hydrogen-bond acceptors (Lipinski definition) is 6. The number of unbranched alkanes of at least 4 members (excludes halogenated alkanes) is 1. The highest BCUT2D eigenvalue weighted by molar-refractivity contribution is 8.02. The van der Waals surface area contributed by atoms with Crippen molar-refractivity contribution in [3.63, 3.8) is 0 Å². The van der Waals surface area contributed by atoms with Gasteiger partial charge in [-0.3, -0.25) is 9.32 Å². The lowest BCUT2D eigenvalue weighted by Gasteiger charge is -2.22. The summed E-state index contributed by atoms with van der Waals surface area (Å²) in [6.45, 7) is 6.85. The van der Waals surface area contributed by atoms with Crippen LogP contribution in [0.1, 0.15) is 44.0 Å². The third kappa shape index (κ3) is 9.75. The standard InChI is InChI=1S/C18H29N4O6PS/c1-4-5-6-7-17(24)30-16(8-9-28-29(25,26)27)13(2)22(12-23)11-15-10-20-14(3)21-18(15)19/h4,10,12,24,30H,1,5-9,11H2,2-3H3,(H2,19,20,21)(H2,25,26,27)/b16-13-. The number of aliphatic hydroxyl groups excluding tert-OH is 1. The van der Waals surface area contributed by atoms with Crippen LogP contribution in [0.3, 0.4) is 0 Å². The van der Waals surface area contributed by atoms with Gasteiger partial charge in [0, 0.05) is 23.9 Å². The number of nitrogen functional groups attached to an aromatic ring is 1. The topological polar surface area (TPSA) is 159 Å². The highest BCUT2D eigenvalue weighted by atomic mass is 32.1. The van der Waals surface area contributed by atoms with Crippen LogP contribution in [-0.4, -0.2) is 47.8 Å². The summed E-state index contributed by atoms with van der Waals surface area (Å²) in [5.74, 6) is 0.763. The molecule has 12 heteroatoms. The Morgan fingerprint density at radius 2 is 2.13 bits per heavy atom. The first-order valence-electron chi connectivity index (χ1n) is 9.14. The summed E-state index contributed by atoms with van der Waals surface area (Å²) in [5.41, 5.74) is 6.97. The van der Waals surface area contributed by atoms with Gasteiger partial charge in [0.05, 0.1) is 18.2 Å². The molecule has 1 heterocycles. The van der Waals surface area contributed by atoms with Crippen molar-refractivity contribution in [2.45, 2.75) is 46.1 Å². The van der Waals surface area contributed by atoms with Crippen molar-refractivity contribution >= 4 is 36.5 Å². The van der Waals surface area contributed by atoms with Gasteiger partial charge < -0.3 is 25.5 Å². The predicted molar refractivity (Wildman–Crippen MR) is 119 cm³/mol. The molecule has 1 aromatic heterocycles. The van der Waals surface area contributed by atoms with Gasteiger partial charge in [-0.1, -0.05) is 6.08 Å². The van der Waals surface area contributed by atoms with Crippen LogP contribution in [0.25, 0.3) is 0 Å². The number of phosphoric acid groups is 1. The van der Waals surface area contributed by atoms with Crippen molar-refractivity contribution in [1.82, 2.24) is 14.9 Å². The average Bonchev–Trinajstić information content (AvgIpc) is 2.65. The maximum absolute atomic E-state index is 11.7. The van der Waals surface area contributed by atoms with Crippen molar-refractivity contribution in [3.8, 4) is 0 Å². The lowest BCUT2D eigenvalue weighted by Crippen LogP contribution is -2.22. The zero-order valence-electron chi connectivity index (χ0n) is 17.1. The fourth-order valence-electron chi connectivity index (χ4n) is 2.41. The number of amides is 1. The van der Waals surface area contributed by atoms with Crippen LogP contribution in [0.4, 0.5) is 5.82 Å². The minimum Gasteiger partial charge on any atom is -0.383 e. The van der Waals surface area contributed by atoms with E-state index in [2.05, 4.69) is 21.1 Å². The highest BCUT2D eigenvalue weighted by Crippen LogP contribution is 2.36. The molecule has 0 fully saturated rings. The Kier molecular flexibility index (Phi) is 11.1. The summed E-state index contributed by atoms with van der Waals surface area (Å²) in [6, 6.07) is 0. The van der Waals surface area contributed by atoms with Crippen molar-refractivity contribution in [1.29, 1.82) is 0 Å². The van der Waals surface area contributed by atoms with Crippen LogP contribution in [-0.2, 0) is 20.4 Å². The summed E-state index contributed by atoms with van der Waals surface area (Å²) in [4.78, 5) is 39.7. The summed E-state index contributed by atoms with van der Waals surface area (Å²) >= 11 is 0.446. The van der Waals surface area contributed by atoms with Gasteiger partial charge in [-0.2, -0.15) is 0 Å². The summed E-state index contributed by atoms with van der Waals surface area (Å²) in [5, 5.41) is 10.4. The molecule has 0 saturated heterocycles. The third-order valence-corrected chi connectivity index (χ3v) is 5.82. The largest absolute Gasteiger partial charge is 0.469 e. The van der Waals surface area contributed by atoms with E-state index >= 15 is 0 Å². The lowest BCUT2D eigenvalue weighted by molar-refractivity contribution is -0.116. The second kappa shape index (κ2) is 12.7. The Bertz CT molecular complexity index is 855. The zero-order chi connectivity index (χ0) is 22.7. The molecule has 1 rings (SSSR count). The molecule has 0 aliphatic rings. The zero-order valence-corrected chi connectivity index (χ0v) is 18.9. The number of aryl methyl sites for hydroxylation is 1. The van der Waals surface area contributed by atoms with Crippen LogP contribution in [0.2, 0.25) is 0 Å². The van der Waals surface area contributed by atoms with Gasteiger partial charge in [0.2, 0.25) is 6.41 Å². The molecular weight excluding hydrogens is 431 g/mol. The van der Waals surface area contributed by atoms with E-state index in [1.54, 1.807) is 19.9 Å². The van der Waals surface area contributed by atoms with E-state index in [-0.39, 0.29) is 30.4 Å². The number of rotatable bonds is 13. The smallest absolute Gasteiger partial charge is 0.383 e. The molecule has 1 amide bonds. The first-order chi connectivity index (χ1) is 14.1. The number of hydrogen-bond donors (Lipinski definition) is 5. The Morgan fingerprint density at radius 1 is 1.43 bits per heavy atom. The van der Waals surface area contributed by atoms with Crippen LogP contribution < -0.4 is 5.73 Å². The van der Waals surface area contributed by atoms with Gasteiger partial charge in [0.15, 0.2) is 0 Å². The molecule has 30 heavy (non-hydrogen) atoms. The first-order valence-corrected chi connectivity index (χ1v) is 11.6. The molecule has 1 aromatic rings. The SMILES string of the molecule is C=CCCC/C(O)=[SH]/C(CCOP(=O)(O)O)=C(/C)N(C=O)Cc1cnc(C)nc1N. The quantitative estimate of drug-likeness (QED) is 0.0744. The van der Waals surface area contributed by atoms with Gasteiger partial charge in [0.1, 0.15) is 11.6 Å². The van der Waals surface area contributed by atoms with Crippen molar-refractivity contribution in [2.75, 3.05) is 12.3 Å². The molecule has 0 unspecified atom stereocenters. The predicted octanol–water partition coefficient (Wildman–Crippen LogP) is 2.57. The molecule has 0 aliphatic heterocycles. The molecule has 0 bridgehead atoms. The highest BCUT2D eigenvalue weighted by Gasteiger charge is 2.16. The van der Waals surface area contributed by atoms with Crippen LogP contribution in [0.5, 0.6) is 0 Å². The van der Waals surface area contributed by atoms with E-state index in [4.69, 9.17) is 15.5 Å². The Balaban J connectivity index is 3.15. The van der Waals surface area contributed by atoms with Crippen molar-refractivity contribution in [3.05, 3.63) is 40.8 Å². The number of aliphatic hydroxyl groups is 1. The summed E-state index contributed by atoms with van der Waals surface area (Å²) in [6.07, 6.45) is 5.89. The number of carbonyl (C=O) groups is 1. The Hall–Kier alpha value is -1.88. The van der Waals surface area contributed by atoms with Crippen molar-refractivity contribution < 1.29 is 28.8 Å². The van der Waals surface area contributed by atoms with E-state index < -0.39 is 7.82 Å². The second-order valence-corrected chi connectivity index (χ2v) is 8.89. The second-order valence-electron chi connectivity index (χ2n) is 6.38. The summed E-state index contributed by atoms with van der Waals surface area (Å²) < 4.78 is 15.5. The number of thiol groups is 1. The maximum atomic E-state index is 11.7. The molecule has 0 aliphatic carbocycles. The minimum absolute atomic E-state index is 0.105. The third-order valence-electron chi connectivity index (χ3n) is 4.01. The molecule has 0 aromatic carbocycles. The maximum Gasteiger partial charge on any atom is 0.469 e. The van der Waals surface area contributed by atoms with Crippen LogP contribution >= 0.6 is 19.2 Å². The van der Waals surface area contributed by atoms with E-state index in [1.807, 2.05) is 0 Å². The van der Waals surface area contributed by atoms with E-state index in [1.165, 1.54) is 11.1 Å². The van der Waals surface area contributed by atoms with Gasteiger partial charge in [-0.15, -0.1) is 17.9 Å². The molecule has 0 saturated carbocycles. The number of aromatic nitrogens is 2. The number of phosphoric ester groups is 1. The minimum atomic E-state index is -4.63. The van der Waals surface area contributed by atoms with Crippen LogP contribution in [0, 0.1) is 6.92 Å². The fraction of sp³-hybridized carbons (Fsp3) is 0.444. The molecule has 10 nitrogen and oxygen atoms in total. The molecule has 5 N–H and O–H groups in total.